The van der Waals surface area contributed by atoms with Crippen LogP contribution in [-0.4, -0.2) is 54.0 Å². The van der Waals surface area contributed by atoms with Crippen molar-refractivity contribution < 1.29 is 0 Å². The van der Waals surface area contributed by atoms with E-state index in [9.17, 15) is 0 Å². The summed E-state index contributed by atoms with van der Waals surface area (Å²) in [5.41, 5.74) is 0.306. The highest BCUT2D eigenvalue weighted by molar-refractivity contribution is 8.42. The second kappa shape index (κ2) is 9.20. The average molecular weight is 484 g/mol. The maximum atomic E-state index is 6.96. The van der Waals surface area contributed by atoms with Gasteiger partial charge in [0.1, 0.15) is 13.0 Å². The molecule has 2 fully saturated rings. The number of rotatable bonds is 4. The van der Waals surface area contributed by atoms with E-state index in [-0.39, 0.29) is 16.4 Å². The Balaban J connectivity index is 2.80. The number of nitrogens with zero attached hydrogens (tertiary/aromatic N) is 3. The highest BCUT2D eigenvalue weighted by Crippen LogP contribution is 2.77. The van der Waals surface area contributed by atoms with E-state index in [1.807, 2.05) is 0 Å². The second-order valence-electron chi connectivity index (χ2n) is 14.3. The summed E-state index contributed by atoms with van der Waals surface area (Å²) in [5, 5.41) is 0. The SMILES string of the molecule is CC(C)(C)CN1[C@@H]2CCCC[C@H]2N(CC(C)(C)C)[P+]1([S-])C(=C=NC(C)(C)C)[Si](C)(C)C. The van der Waals surface area contributed by atoms with Gasteiger partial charge in [-0.15, -0.1) is 0 Å². The molecular weight excluding hydrogens is 433 g/mol. The van der Waals surface area contributed by atoms with Gasteiger partial charge in [-0.1, -0.05) is 74.0 Å². The van der Waals surface area contributed by atoms with Crippen molar-refractivity contribution in [2.45, 2.75) is 125 Å². The van der Waals surface area contributed by atoms with Gasteiger partial charge >= 0.3 is 0 Å². The van der Waals surface area contributed by atoms with E-state index < -0.39 is 14.8 Å². The Morgan fingerprint density at radius 1 is 0.871 bits per heavy atom. The molecule has 0 N–H and O–H groups in total. The van der Waals surface area contributed by atoms with Gasteiger partial charge in [0.15, 0.2) is 0 Å². The van der Waals surface area contributed by atoms with Crippen LogP contribution in [-0.2, 0) is 12.2 Å². The van der Waals surface area contributed by atoms with Crippen LogP contribution in [0, 0.1) is 10.8 Å². The maximum Gasteiger partial charge on any atom is 0.137 e. The lowest BCUT2D eigenvalue weighted by molar-refractivity contribution is 0.159. The van der Waals surface area contributed by atoms with Crippen LogP contribution >= 0.6 is 6.77 Å². The van der Waals surface area contributed by atoms with Crippen LogP contribution in [0.4, 0.5) is 0 Å². The van der Waals surface area contributed by atoms with Gasteiger partial charge in [-0.2, -0.15) is 9.34 Å². The minimum atomic E-state index is -2.13. The van der Waals surface area contributed by atoms with Gasteiger partial charge in [0.05, 0.1) is 24.4 Å². The lowest BCUT2D eigenvalue weighted by Gasteiger charge is -2.48. The van der Waals surface area contributed by atoms with Crippen molar-refractivity contribution in [3.8, 4) is 0 Å². The Bertz CT molecular complexity index is 670. The van der Waals surface area contributed by atoms with Crippen LogP contribution < -0.4 is 0 Å². The molecule has 180 valence electrons. The van der Waals surface area contributed by atoms with Crippen molar-refractivity contribution in [1.29, 1.82) is 0 Å². The molecule has 0 spiro atoms. The Morgan fingerprint density at radius 3 is 1.55 bits per heavy atom. The van der Waals surface area contributed by atoms with E-state index in [1.54, 1.807) is 0 Å². The first-order valence-electron chi connectivity index (χ1n) is 12.3. The van der Waals surface area contributed by atoms with Crippen LogP contribution in [0.1, 0.15) is 88.0 Å². The van der Waals surface area contributed by atoms with E-state index in [4.69, 9.17) is 17.2 Å². The topological polar surface area (TPSA) is 18.8 Å². The molecule has 3 nitrogen and oxygen atoms in total. The van der Waals surface area contributed by atoms with Crippen molar-refractivity contribution in [2.24, 2.45) is 15.8 Å². The summed E-state index contributed by atoms with van der Waals surface area (Å²) in [6, 6.07) is 1.17. The molecule has 1 heterocycles. The van der Waals surface area contributed by atoms with E-state index in [2.05, 4.69) is 97.2 Å². The van der Waals surface area contributed by atoms with Gasteiger partial charge in [0, 0.05) is 19.0 Å². The Labute approximate surface area is 201 Å². The summed E-state index contributed by atoms with van der Waals surface area (Å²) in [6.07, 6.45) is 5.25. The molecule has 0 aromatic heterocycles. The molecule has 2 aliphatic rings. The lowest BCUT2D eigenvalue weighted by Crippen LogP contribution is -2.43. The first kappa shape index (κ1) is 27.6. The summed E-state index contributed by atoms with van der Waals surface area (Å²) in [4.78, 5) is 6.36. The third-order valence-electron chi connectivity index (χ3n) is 5.93. The molecule has 1 saturated heterocycles. The summed E-state index contributed by atoms with van der Waals surface area (Å²) in [7, 11) is -1.75. The molecule has 0 aromatic carbocycles. The van der Waals surface area contributed by atoms with Gasteiger partial charge in [-0.3, -0.25) is 0 Å². The quantitative estimate of drug-likeness (QED) is 0.178. The molecule has 2 atom stereocenters. The third-order valence-corrected chi connectivity index (χ3v) is 15.7. The summed E-state index contributed by atoms with van der Waals surface area (Å²) < 4.78 is 5.66. The van der Waals surface area contributed by atoms with Gasteiger partial charge in [-0.05, 0) is 44.4 Å². The molecule has 1 saturated carbocycles. The fraction of sp³-hybridized carbons (Fsp3) is 0.920. The molecule has 0 radical (unpaired) electrons. The average Bonchev–Trinajstić information content (AvgIpc) is 2.73. The second-order valence-corrected chi connectivity index (χ2v) is 23.8. The number of hydrogen-bond acceptors (Lipinski definition) is 4. The van der Waals surface area contributed by atoms with Crippen molar-refractivity contribution >= 4 is 33.0 Å². The maximum absolute atomic E-state index is 6.96. The number of hydrogen-bond donors (Lipinski definition) is 0. The standard InChI is InChI=1S/C25H50N3PSSi/c1-23(2,3)18-27-20-15-13-14-16-21(20)28(19-24(4,5)6)29(27,30)22(31(10,11)12)17-26-25(7,8)9/h20-21H,13-16,18-19H2,1-12H3/t20-,21-/m1/s1. The largest absolute Gasteiger partial charge is 0.513 e. The molecular formula is C25H50N3PSSi. The van der Waals surface area contributed by atoms with E-state index in [1.165, 1.54) is 30.6 Å². The minimum absolute atomic E-state index is 0.129. The van der Waals surface area contributed by atoms with Crippen LogP contribution in [0.2, 0.25) is 19.6 Å². The Hall–Kier alpha value is 0.367. The molecule has 1 aliphatic heterocycles. The van der Waals surface area contributed by atoms with Crippen molar-refractivity contribution in [2.75, 3.05) is 13.1 Å². The molecule has 6 heteroatoms. The molecule has 2 rings (SSSR count). The fourth-order valence-corrected chi connectivity index (χ4v) is 16.8. The van der Waals surface area contributed by atoms with Gasteiger partial charge in [0.2, 0.25) is 0 Å². The Morgan fingerprint density at radius 2 is 1.26 bits per heavy atom. The molecule has 0 bridgehead atoms. The van der Waals surface area contributed by atoms with E-state index in [0.29, 0.717) is 12.1 Å². The van der Waals surface area contributed by atoms with Gasteiger partial charge in [-0.25, -0.2) is 4.99 Å². The van der Waals surface area contributed by atoms with Gasteiger partial charge < -0.3 is 12.2 Å². The molecule has 31 heavy (non-hydrogen) atoms. The summed E-state index contributed by atoms with van der Waals surface area (Å²) >= 11 is 6.96. The molecule has 0 aromatic rings. The predicted molar refractivity (Wildman–Crippen MR) is 147 cm³/mol. The zero-order valence-electron chi connectivity index (χ0n) is 22.6. The zero-order valence-corrected chi connectivity index (χ0v) is 25.3. The zero-order chi connectivity index (χ0) is 24.0. The smallest absolute Gasteiger partial charge is 0.137 e. The highest BCUT2D eigenvalue weighted by atomic mass is 32.7. The fourth-order valence-electron chi connectivity index (χ4n) is 4.88. The number of fused-ring (bicyclic) bond motifs is 1. The van der Waals surface area contributed by atoms with Crippen LogP contribution in [0.5, 0.6) is 0 Å². The van der Waals surface area contributed by atoms with Crippen LogP contribution in [0.15, 0.2) is 9.93 Å². The predicted octanol–water partition coefficient (Wildman–Crippen LogP) is 7.55. The Kier molecular flexibility index (Phi) is 8.19. The van der Waals surface area contributed by atoms with Crippen molar-refractivity contribution in [3.05, 3.63) is 4.94 Å². The van der Waals surface area contributed by atoms with E-state index >= 15 is 0 Å². The van der Waals surface area contributed by atoms with Crippen LogP contribution in [0.3, 0.4) is 0 Å². The highest BCUT2D eigenvalue weighted by Gasteiger charge is 2.61. The van der Waals surface area contributed by atoms with E-state index in [0.717, 1.165) is 13.1 Å². The van der Waals surface area contributed by atoms with Gasteiger partial charge in [0.25, 0.3) is 0 Å². The third kappa shape index (κ3) is 6.93. The number of aliphatic imine (C=N–C) groups is 1. The molecule has 1 aliphatic carbocycles. The molecule has 0 unspecified atom stereocenters. The summed E-state index contributed by atoms with van der Waals surface area (Å²) in [6.45, 7) is 28.1. The molecule has 0 amide bonds. The normalized spacial score (nSPS) is 25.8. The van der Waals surface area contributed by atoms with Crippen LogP contribution in [0.25, 0.3) is 0 Å². The summed E-state index contributed by atoms with van der Waals surface area (Å²) in [5.74, 6) is 3.69. The first-order valence-corrected chi connectivity index (χ1v) is 18.5. The van der Waals surface area contributed by atoms with Crippen molar-refractivity contribution in [3.63, 3.8) is 0 Å². The minimum Gasteiger partial charge on any atom is -0.513 e. The lowest BCUT2D eigenvalue weighted by atomic mass is 9.87. The van der Waals surface area contributed by atoms with Crippen molar-refractivity contribution in [1.82, 2.24) is 9.34 Å². The first-order chi connectivity index (χ1) is 13.8. The monoisotopic (exact) mass is 483 g/mol.